The van der Waals surface area contributed by atoms with Gasteiger partial charge in [-0.05, 0) is 137 Å². The van der Waals surface area contributed by atoms with Crippen molar-refractivity contribution < 1.29 is 4.79 Å². The second-order valence-corrected chi connectivity index (χ2v) is 13.5. The zero-order chi connectivity index (χ0) is 29.1. The number of allylic oxidation sites excluding steroid dienone is 5. The van der Waals surface area contributed by atoms with Crippen LogP contribution >= 0.6 is 0 Å². The molecule has 40 heavy (non-hydrogen) atoms. The minimum atomic E-state index is 0.267. The van der Waals surface area contributed by atoms with Crippen molar-refractivity contribution in [1.29, 1.82) is 0 Å². The molecule has 3 rings (SSSR count). The summed E-state index contributed by atoms with van der Waals surface area (Å²) in [4.78, 5) is 12.3. The smallest absolute Gasteiger partial charge is 0.155 e. The molecular weight excluding hydrogens is 486 g/mol. The van der Waals surface area contributed by atoms with E-state index in [2.05, 4.69) is 89.1 Å². The predicted molar refractivity (Wildman–Crippen MR) is 174 cm³/mol. The van der Waals surface area contributed by atoms with Crippen LogP contribution in [0.5, 0.6) is 0 Å². The first-order chi connectivity index (χ1) is 19.2. The van der Waals surface area contributed by atoms with Crippen LogP contribution in [0.25, 0.3) is 0 Å². The summed E-state index contributed by atoms with van der Waals surface area (Å²) in [6.45, 7) is 16.0. The van der Waals surface area contributed by atoms with E-state index in [1.165, 1.54) is 56.1 Å². The molecule has 0 aromatic heterocycles. The van der Waals surface area contributed by atoms with Gasteiger partial charge in [0.1, 0.15) is 0 Å². The SMILES string of the molecule is C=CCC(/C=C/C1CCC1CC1(CC(CNC)c2ccc(C)cc2CCC)CC=C(C(C)=O)CC1)CC(C)CC. The van der Waals surface area contributed by atoms with Gasteiger partial charge in [0.25, 0.3) is 0 Å². The molecule has 1 fully saturated rings. The van der Waals surface area contributed by atoms with Crippen LogP contribution in [0.3, 0.4) is 0 Å². The molecular formula is C38H59NO. The van der Waals surface area contributed by atoms with Gasteiger partial charge in [-0.1, -0.05) is 81.7 Å². The minimum absolute atomic E-state index is 0.267. The zero-order valence-corrected chi connectivity index (χ0v) is 26.7. The molecule has 2 aliphatic carbocycles. The van der Waals surface area contributed by atoms with Crippen LogP contribution in [0, 0.1) is 36.0 Å². The van der Waals surface area contributed by atoms with Crippen molar-refractivity contribution in [1.82, 2.24) is 5.32 Å². The van der Waals surface area contributed by atoms with E-state index < -0.39 is 0 Å². The Hall–Kier alpha value is -1.93. The molecule has 2 nitrogen and oxygen atoms in total. The Bertz CT molecular complexity index is 1020. The Balaban J connectivity index is 1.84. The lowest BCUT2D eigenvalue weighted by molar-refractivity contribution is -0.114. The van der Waals surface area contributed by atoms with Gasteiger partial charge in [0, 0.05) is 6.54 Å². The van der Waals surface area contributed by atoms with Gasteiger partial charge in [-0.2, -0.15) is 0 Å². The summed E-state index contributed by atoms with van der Waals surface area (Å²) in [6, 6.07) is 7.15. The molecule has 0 saturated heterocycles. The normalized spacial score (nSPS) is 25.2. The zero-order valence-electron chi connectivity index (χ0n) is 26.7. The highest BCUT2D eigenvalue weighted by molar-refractivity contribution is 5.93. The first-order valence-electron chi connectivity index (χ1n) is 16.5. The van der Waals surface area contributed by atoms with Crippen molar-refractivity contribution >= 4 is 5.78 Å². The minimum Gasteiger partial charge on any atom is -0.319 e. The van der Waals surface area contributed by atoms with E-state index in [0.717, 1.165) is 56.1 Å². The maximum absolute atomic E-state index is 12.3. The average molecular weight is 546 g/mol. The highest BCUT2D eigenvalue weighted by atomic mass is 16.1. The number of ketones is 1. The molecule has 2 heteroatoms. The second kappa shape index (κ2) is 15.9. The summed E-state index contributed by atoms with van der Waals surface area (Å²) in [6.07, 6.45) is 23.8. The molecule has 1 aromatic carbocycles. The summed E-state index contributed by atoms with van der Waals surface area (Å²) in [5, 5.41) is 3.55. The first-order valence-corrected chi connectivity index (χ1v) is 16.5. The molecule has 0 aliphatic heterocycles. The number of carbonyl (C=O) groups excluding carboxylic acids is 1. The van der Waals surface area contributed by atoms with E-state index in [9.17, 15) is 4.79 Å². The lowest BCUT2D eigenvalue weighted by Crippen LogP contribution is -2.36. The van der Waals surface area contributed by atoms with Crippen LogP contribution in [0.1, 0.15) is 121 Å². The second-order valence-electron chi connectivity index (χ2n) is 13.5. The lowest BCUT2D eigenvalue weighted by atomic mass is 9.59. The summed E-state index contributed by atoms with van der Waals surface area (Å²) in [7, 11) is 2.10. The number of likely N-dealkylation sites (N-methyl/N-ethyl adjacent to an activating group) is 1. The molecule has 0 heterocycles. The van der Waals surface area contributed by atoms with Crippen molar-refractivity contribution in [2.45, 2.75) is 118 Å². The van der Waals surface area contributed by atoms with E-state index in [-0.39, 0.29) is 11.2 Å². The molecule has 1 saturated carbocycles. The molecule has 0 bridgehead atoms. The number of hydrogen-bond donors (Lipinski definition) is 1. The Morgan fingerprint density at radius 3 is 2.62 bits per heavy atom. The first kappa shape index (κ1) is 32.6. The van der Waals surface area contributed by atoms with Crippen molar-refractivity contribution in [3.63, 3.8) is 0 Å². The van der Waals surface area contributed by atoms with Crippen LogP contribution in [0.15, 0.2) is 54.7 Å². The van der Waals surface area contributed by atoms with Crippen molar-refractivity contribution in [3.8, 4) is 0 Å². The third kappa shape index (κ3) is 9.04. The summed E-state index contributed by atoms with van der Waals surface area (Å²) >= 11 is 0. The Morgan fingerprint density at radius 1 is 1.25 bits per heavy atom. The van der Waals surface area contributed by atoms with E-state index in [1.54, 1.807) is 12.5 Å². The maximum Gasteiger partial charge on any atom is 0.155 e. The van der Waals surface area contributed by atoms with Crippen molar-refractivity contribution in [2.24, 2.45) is 29.1 Å². The fraction of sp³-hybridized carbons (Fsp3) is 0.658. The van der Waals surface area contributed by atoms with Gasteiger partial charge in [0.15, 0.2) is 5.78 Å². The standard InChI is InChI=1S/C38H59NO/c1-8-11-31(23-28(4)10-3)14-15-33-16-17-35(33)25-38(21-19-32(20-22-38)30(6)40)26-36(27-39-7)37-18-13-29(5)24-34(37)12-9-2/h8,13-15,18-19,24,28,31,33,35-36,39H,1,9-12,16-17,20-23,25-27H2,2-7H3/b15-14+. The van der Waals surface area contributed by atoms with Crippen LogP contribution in [-0.4, -0.2) is 19.4 Å². The molecule has 6 atom stereocenters. The molecule has 0 amide bonds. The van der Waals surface area contributed by atoms with Gasteiger partial charge in [0.2, 0.25) is 0 Å². The van der Waals surface area contributed by atoms with Crippen LogP contribution in [0.4, 0.5) is 0 Å². The van der Waals surface area contributed by atoms with Gasteiger partial charge in [-0.15, -0.1) is 6.58 Å². The topological polar surface area (TPSA) is 29.1 Å². The number of Topliss-reactive ketones (excluding diaryl/α,β-unsaturated/α-hetero) is 1. The largest absolute Gasteiger partial charge is 0.319 e. The van der Waals surface area contributed by atoms with Crippen molar-refractivity contribution in [2.75, 3.05) is 13.6 Å². The average Bonchev–Trinajstić information content (AvgIpc) is 2.92. The lowest BCUT2D eigenvalue weighted by Gasteiger charge is -2.46. The summed E-state index contributed by atoms with van der Waals surface area (Å²) < 4.78 is 0. The quantitative estimate of drug-likeness (QED) is 0.197. The Kier molecular flexibility index (Phi) is 13.0. The van der Waals surface area contributed by atoms with Crippen LogP contribution < -0.4 is 5.32 Å². The number of carbonyl (C=O) groups is 1. The van der Waals surface area contributed by atoms with Gasteiger partial charge in [-0.25, -0.2) is 0 Å². The van der Waals surface area contributed by atoms with Crippen LogP contribution in [0.2, 0.25) is 0 Å². The molecule has 0 spiro atoms. The van der Waals surface area contributed by atoms with Gasteiger partial charge < -0.3 is 5.32 Å². The highest BCUT2D eigenvalue weighted by Gasteiger charge is 2.41. The third-order valence-corrected chi connectivity index (χ3v) is 10.2. The van der Waals surface area contributed by atoms with E-state index in [4.69, 9.17) is 0 Å². The fourth-order valence-electron chi connectivity index (χ4n) is 7.51. The number of benzene rings is 1. The molecule has 2 aliphatic rings. The fourth-order valence-corrected chi connectivity index (χ4v) is 7.51. The number of aryl methyl sites for hydroxylation is 2. The molecule has 222 valence electrons. The summed E-state index contributed by atoms with van der Waals surface area (Å²) in [5.41, 5.74) is 5.77. The Labute approximate surface area is 247 Å². The van der Waals surface area contributed by atoms with Gasteiger partial charge in [-0.3, -0.25) is 4.79 Å². The number of rotatable bonds is 17. The summed E-state index contributed by atoms with van der Waals surface area (Å²) in [5.74, 6) is 3.63. The molecule has 6 unspecified atom stereocenters. The third-order valence-electron chi connectivity index (χ3n) is 10.2. The molecule has 0 radical (unpaired) electrons. The van der Waals surface area contributed by atoms with E-state index in [1.807, 2.05) is 0 Å². The Morgan fingerprint density at radius 2 is 2.05 bits per heavy atom. The monoisotopic (exact) mass is 545 g/mol. The van der Waals surface area contributed by atoms with Gasteiger partial charge in [0.05, 0.1) is 0 Å². The van der Waals surface area contributed by atoms with Crippen molar-refractivity contribution in [3.05, 3.63) is 71.3 Å². The van der Waals surface area contributed by atoms with Crippen LogP contribution in [-0.2, 0) is 11.2 Å². The van der Waals surface area contributed by atoms with E-state index >= 15 is 0 Å². The molecule has 1 N–H and O–H groups in total. The van der Waals surface area contributed by atoms with E-state index in [0.29, 0.717) is 17.8 Å². The predicted octanol–water partition coefficient (Wildman–Crippen LogP) is 9.93. The maximum atomic E-state index is 12.3. The number of hydrogen-bond acceptors (Lipinski definition) is 2. The highest BCUT2D eigenvalue weighted by Crippen LogP contribution is 2.52. The molecule has 1 aromatic rings. The number of nitrogens with one attached hydrogen (secondary N) is 1. The van der Waals surface area contributed by atoms with Gasteiger partial charge >= 0.3 is 0 Å².